The van der Waals surface area contributed by atoms with Crippen molar-refractivity contribution < 1.29 is 19.1 Å². The highest BCUT2D eigenvalue weighted by molar-refractivity contribution is 6.05. The second kappa shape index (κ2) is 10.2. The Morgan fingerprint density at radius 2 is 1.43 bits per heavy atom. The molecular weight excluding hydrogens is 440 g/mol. The Bertz CT molecular complexity index is 1170. The van der Waals surface area contributed by atoms with Crippen molar-refractivity contribution in [2.24, 2.45) is 5.92 Å². The minimum Gasteiger partial charge on any atom is -0.497 e. The first kappa shape index (κ1) is 24.3. The Kier molecular flexibility index (Phi) is 7.10. The number of anilines is 2. The number of methoxy groups -OCH3 is 2. The standard InChI is InChI=1S/C29H32N2O4/c1-19(2)20-6-10-22(11-7-20)30(3)29(33)26-18-27(32)31(23-12-16-25(35-5)17-13-23)28(26)21-8-14-24(34-4)15-9-21/h6-17,19,26,28H,18H2,1-5H3. The molecule has 1 aliphatic rings. The van der Waals surface area contributed by atoms with Crippen LogP contribution in [0.3, 0.4) is 0 Å². The summed E-state index contributed by atoms with van der Waals surface area (Å²) in [6.45, 7) is 4.28. The lowest BCUT2D eigenvalue weighted by molar-refractivity contribution is -0.124. The van der Waals surface area contributed by atoms with Crippen LogP contribution >= 0.6 is 0 Å². The summed E-state index contributed by atoms with van der Waals surface area (Å²) in [5.41, 5.74) is 3.64. The Balaban J connectivity index is 1.70. The van der Waals surface area contributed by atoms with Crippen LogP contribution in [-0.2, 0) is 9.59 Å². The third kappa shape index (κ3) is 4.87. The summed E-state index contributed by atoms with van der Waals surface area (Å²) in [6, 6.07) is 22.5. The van der Waals surface area contributed by atoms with Crippen molar-refractivity contribution in [3.8, 4) is 11.5 Å². The molecule has 35 heavy (non-hydrogen) atoms. The first-order valence-electron chi connectivity index (χ1n) is 11.8. The molecule has 2 amide bonds. The van der Waals surface area contributed by atoms with Crippen LogP contribution < -0.4 is 19.3 Å². The van der Waals surface area contributed by atoms with Crippen LogP contribution in [0, 0.1) is 5.92 Å². The molecule has 0 saturated carbocycles. The highest BCUT2D eigenvalue weighted by Gasteiger charge is 2.46. The molecule has 182 valence electrons. The molecule has 1 heterocycles. The summed E-state index contributed by atoms with van der Waals surface area (Å²) < 4.78 is 10.6. The fourth-order valence-corrected chi connectivity index (χ4v) is 4.64. The number of carbonyl (C=O) groups is 2. The van der Waals surface area contributed by atoms with Crippen molar-refractivity contribution in [3.63, 3.8) is 0 Å². The summed E-state index contributed by atoms with van der Waals surface area (Å²) in [5.74, 6) is 1.13. The number of ether oxygens (including phenoxy) is 2. The second-order valence-electron chi connectivity index (χ2n) is 9.13. The Labute approximate surface area is 207 Å². The Morgan fingerprint density at radius 3 is 1.94 bits per heavy atom. The van der Waals surface area contributed by atoms with E-state index in [0.717, 1.165) is 22.7 Å². The molecule has 1 aliphatic heterocycles. The molecule has 4 rings (SSSR count). The van der Waals surface area contributed by atoms with Crippen LogP contribution in [0.15, 0.2) is 72.8 Å². The smallest absolute Gasteiger partial charge is 0.232 e. The summed E-state index contributed by atoms with van der Waals surface area (Å²) in [7, 11) is 5.00. The highest BCUT2D eigenvalue weighted by atomic mass is 16.5. The summed E-state index contributed by atoms with van der Waals surface area (Å²) in [5, 5.41) is 0. The number of hydrogen-bond donors (Lipinski definition) is 0. The highest BCUT2D eigenvalue weighted by Crippen LogP contribution is 2.43. The van der Waals surface area contributed by atoms with Crippen molar-refractivity contribution in [2.45, 2.75) is 32.2 Å². The van der Waals surface area contributed by atoms with E-state index in [1.165, 1.54) is 5.56 Å². The van der Waals surface area contributed by atoms with Gasteiger partial charge in [0.15, 0.2) is 0 Å². The number of carbonyl (C=O) groups excluding carboxylic acids is 2. The molecule has 2 atom stereocenters. The molecule has 3 aromatic carbocycles. The van der Waals surface area contributed by atoms with Crippen LogP contribution in [0.4, 0.5) is 11.4 Å². The van der Waals surface area contributed by atoms with Gasteiger partial charge in [-0.3, -0.25) is 9.59 Å². The first-order chi connectivity index (χ1) is 16.8. The normalized spacial score (nSPS) is 17.5. The predicted molar refractivity (Wildman–Crippen MR) is 138 cm³/mol. The van der Waals surface area contributed by atoms with Gasteiger partial charge in [-0.1, -0.05) is 38.1 Å². The molecule has 0 aromatic heterocycles. The molecule has 0 N–H and O–H groups in total. The van der Waals surface area contributed by atoms with E-state index in [-0.39, 0.29) is 18.2 Å². The fraction of sp³-hybridized carbons (Fsp3) is 0.310. The lowest BCUT2D eigenvalue weighted by atomic mass is 9.91. The van der Waals surface area contributed by atoms with Gasteiger partial charge in [-0.15, -0.1) is 0 Å². The van der Waals surface area contributed by atoms with Crippen molar-refractivity contribution in [3.05, 3.63) is 83.9 Å². The van der Waals surface area contributed by atoms with Gasteiger partial charge in [0.05, 0.1) is 26.2 Å². The molecule has 6 heteroatoms. The van der Waals surface area contributed by atoms with Crippen molar-refractivity contribution in [2.75, 3.05) is 31.1 Å². The molecule has 1 fully saturated rings. The fourth-order valence-electron chi connectivity index (χ4n) is 4.64. The van der Waals surface area contributed by atoms with Gasteiger partial charge in [0.25, 0.3) is 0 Å². The van der Waals surface area contributed by atoms with E-state index in [0.29, 0.717) is 11.7 Å². The quantitative estimate of drug-likeness (QED) is 0.450. The lowest BCUT2D eigenvalue weighted by Crippen LogP contribution is -2.37. The molecule has 3 aromatic rings. The van der Waals surface area contributed by atoms with E-state index in [9.17, 15) is 9.59 Å². The third-order valence-corrected chi connectivity index (χ3v) is 6.73. The van der Waals surface area contributed by atoms with Gasteiger partial charge in [0, 0.05) is 24.8 Å². The second-order valence-corrected chi connectivity index (χ2v) is 9.13. The SMILES string of the molecule is COc1ccc(C2C(C(=O)N(C)c3ccc(C(C)C)cc3)CC(=O)N2c2ccc(OC)cc2)cc1. The average Bonchev–Trinajstić information content (AvgIpc) is 3.24. The summed E-state index contributed by atoms with van der Waals surface area (Å²) in [4.78, 5) is 30.5. The van der Waals surface area contributed by atoms with E-state index < -0.39 is 12.0 Å². The van der Waals surface area contributed by atoms with Crippen molar-refractivity contribution in [1.82, 2.24) is 0 Å². The van der Waals surface area contributed by atoms with E-state index in [4.69, 9.17) is 9.47 Å². The zero-order valence-corrected chi connectivity index (χ0v) is 20.9. The number of amides is 2. The van der Waals surface area contributed by atoms with Crippen LogP contribution in [-0.4, -0.2) is 33.1 Å². The molecule has 0 bridgehead atoms. The van der Waals surface area contributed by atoms with Gasteiger partial charge < -0.3 is 19.3 Å². The largest absolute Gasteiger partial charge is 0.497 e. The maximum atomic E-state index is 13.8. The van der Waals surface area contributed by atoms with Crippen LogP contribution in [0.5, 0.6) is 11.5 Å². The van der Waals surface area contributed by atoms with Crippen LogP contribution in [0.25, 0.3) is 0 Å². The first-order valence-corrected chi connectivity index (χ1v) is 11.8. The van der Waals surface area contributed by atoms with E-state index in [1.54, 1.807) is 31.1 Å². The molecule has 0 spiro atoms. The predicted octanol–water partition coefficient (Wildman–Crippen LogP) is 5.58. The lowest BCUT2D eigenvalue weighted by Gasteiger charge is -2.30. The molecule has 0 aliphatic carbocycles. The van der Waals surface area contributed by atoms with Crippen molar-refractivity contribution in [1.29, 1.82) is 0 Å². The Hall–Kier alpha value is -3.80. The van der Waals surface area contributed by atoms with Crippen LogP contribution in [0.1, 0.15) is 43.4 Å². The minimum absolute atomic E-state index is 0.0853. The number of hydrogen-bond acceptors (Lipinski definition) is 4. The topological polar surface area (TPSA) is 59.1 Å². The molecule has 6 nitrogen and oxygen atoms in total. The van der Waals surface area contributed by atoms with Gasteiger partial charge in [-0.2, -0.15) is 0 Å². The Morgan fingerprint density at radius 1 is 0.886 bits per heavy atom. The third-order valence-electron chi connectivity index (χ3n) is 6.73. The molecule has 2 unspecified atom stereocenters. The number of nitrogens with zero attached hydrogens (tertiary/aromatic N) is 2. The zero-order chi connectivity index (χ0) is 25.1. The van der Waals surface area contributed by atoms with Gasteiger partial charge in [0.2, 0.25) is 11.8 Å². The molecular formula is C29H32N2O4. The zero-order valence-electron chi connectivity index (χ0n) is 20.9. The van der Waals surface area contributed by atoms with Crippen LogP contribution in [0.2, 0.25) is 0 Å². The van der Waals surface area contributed by atoms with E-state index >= 15 is 0 Å². The van der Waals surface area contributed by atoms with Gasteiger partial charge in [-0.05, 0) is 65.6 Å². The molecule has 0 radical (unpaired) electrons. The summed E-state index contributed by atoms with van der Waals surface area (Å²) >= 11 is 0. The van der Waals surface area contributed by atoms with Crippen molar-refractivity contribution >= 4 is 23.2 Å². The monoisotopic (exact) mass is 472 g/mol. The summed E-state index contributed by atoms with van der Waals surface area (Å²) in [6.07, 6.45) is 0.135. The number of rotatable bonds is 7. The maximum absolute atomic E-state index is 13.8. The molecule has 1 saturated heterocycles. The van der Waals surface area contributed by atoms with Gasteiger partial charge in [0.1, 0.15) is 11.5 Å². The maximum Gasteiger partial charge on any atom is 0.232 e. The van der Waals surface area contributed by atoms with Gasteiger partial charge >= 0.3 is 0 Å². The van der Waals surface area contributed by atoms with Gasteiger partial charge in [-0.25, -0.2) is 0 Å². The average molecular weight is 473 g/mol. The number of benzene rings is 3. The minimum atomic E-state index is -0.534. The van der Waals surface area contributed by atoms with E-state index in [1.807, 2.05) is 72.8 Å². The van der Waals surface area contributed by atoms with E-state index in [2.05, 4.69) is 13.8 Å².